The van der Waals surface area contributed by atoms with Gasteiger partial charge in [0.15, 0.2) is 0 Å². The van der Waals surface area contributed by atoms with Crippen LogP contribution in [0.4, 0.5) is 4.39 Å². The highest BCUT2D eigenvalue weighted by Crippen LogP contribution is 2.27. The summed E-state index contributed by atoms with van der Waals surface area (Å²) in [4.78, 5) is 0. The number of rotatable bonds is 2. The molecule has 0 radical (unpaired) electrons. The molecule has 94 valence electrons. The van der Waals surface area contributed by atoms with E-state index in [9.17, 15) is 4.39 Å². The molecule has 2 rings (SSSR count). The average molecular weight is 259 g/mol. The summed E-state index contributed by atoms with van der Waals surface area (Å²) in [6.07, 6.45) is 0. The second-order valence-corrected chi connectivity index (χ2v) is 4.69. The lowest BCUT2D eigenvalue weighted by Crippen LogP contribution is -2.47. The number of ether oxygens (including phenoxy) is 1. The highest BCUT2D eigenvalue weighted by Gasteiger charge is 2.24. The molecule has 0 saturated carbocycles. The summed E-state index contributed by atoms with van der Waals surface area (Å²) in [6.45, 7) is 3.63. The molecule has 5 heteroatoms. The van der Waals surface area contributed by atoms with Crippen molar-refractivity contribution in [2.75, 3.05) is 19.8 Å². The molecule has 1 aromatic rings. The second-order valence-electron chi connectivity index (χ2n) is 4.28. The van der Waals surface area contributed by atoms with Crippen LogP contribution in [0.3, 0.4) is 0 Å². The maximum atomic E-state index is 13.5. The molecule has 1 aliphatic heterocycles. The number of morpholine rings is 1. The first kappa shape index (κ1) is 12.8. The first-order valence-corrected chi connectivity index (χ1v) is 5.99. The van der Waals surface area contributed by atoms with Crippen molar-refractivity contribution in [3.63, 3.8) is 0 Å². The van der Waals surface area contributed by atoms with Gasteiger partial charge in [-0.2, -0.15) is 0 Å². The first-order chi connectivity index (χ1) is 8.09. The smallest absolute Gasteiger partial charge is 0.126 e. The van der Waals surface area contributed by atoms with Crippen LogP contribution in [0, 0.1) is 12.7 Å². The van der Waals surface area contributed by atoms with Crippen molar-refractivity contribution in [1.29, 1.82) is 0 Å². The third kappa shape index (κ3) is 2.77. The van der Waals surface area contributed by atoms with E-state index >= 15 is 0 Å². The molecule has 0 aromatic heterocycles. The van der Waals surface area contributed by atoms with Crippen LogP contribution in [-0.4, -0.2) is 25.8 Å². The highest BCUT2D eigenvalue weighted by molar-refractivity contribution is 6.31. The molecule has 1 heterocycles. The summed E-state index contributed by atoms with van der Waals surface area (Å²) in [7, 11) is 0. The van der Waals surface area contributed by atoms with Crippen molar-refractivity contribution < 1.29 is 9.13 Å². The molecule has 1 fully saturated rings. The molecule has 0 aliphatic carbocycles. The number of aryl methyl sites for hydroxylation is 1. The summed E-state index contributed by atoms with van der Waals surface area (Å²) >= 11 is 6.10. The fourth-order valence-electron chi connectivity index (χ4n) is 1.95. The van der Waals surface area contributed by atoms with Crippen LogP contribution in [0.5, 0.6) is 0 Å². The predicted octanol–water partition coefficient (Wildman–Crippen LogP) is 1.78. The fraction of sp³-hybridized carbons (Fsp3) is 0.500. The molecule has 17 heavy (non-hydrogen) atoms. The van der Waals surface area contributed by atoms with Gasteiger partial charge in [-0.15, -0.1) is 0 Å². The third-order valence-electron chi connectivity index (χ3n) is 3.02. The lowest BCUT2D eigenvalue weighted by Gasteiger charge is -2.29. The molecule has 1 aliphatic rings. The molecular formula is C12H16ClFN2O. The Morgan fingerprint density at radius 1 is 1.59 bits per heavy atom. The zero-order valence-electron chi connectivity index (χ0n) is 9.67. The Morgan fingerprint density at radius 2 is 2.35 bits per heavy atom. The maximum absolute atomic E-state index is 13.5. The topological polar surface area (TPSA) is 47.3 Å². The van der Waals surface area contributed by atoms with E-state index in [-0.39, 0.29) is 17.9 Å². The Labute approximate surface area is 105 Å². The molecule has 1 saturated heterocycles. The van der Waals surface area contributed by atoms with Gasteiger partial charge in [-0.3, -0.25) is 0 Å². The zero-order chi connectivity index (χ0) is 12.4. The van der Waals surface area contributed by atoms with Gasteiger partial charge in [-0.25, -0.2) is 4.39 Å². The number of nitrogens with one attached hydrogen (secondary N) is 1. The van der Waals surface area contributed by atoms with Gasteiger partial charge < -0.3 is 15.8 Å². The Balaban J connectivity index is 2.23. The van der Waals surface area contributed by atoms with Crippen molar-refractivity contribution in [3.8, 4) is 0 Å². The maximum Gasteiger partial charge on any atom is 0.126 e. The summed E-state index contributed by atoms with van der Waals surface area (Å²) in [5.41, 5.74) is 7.25. The minimum Gasteiger partial charge on any atom is -0.378 e. The summed E-state index contributed by atoms with van der Waals surface area (Å²) in [6, 6.07) is 2.63. The van der Waals surface area contributed by atoms with E-state index in [0.717, 1.165) is 6.54 Å². The molecule has 0 amide bonds. The largest absolute Gasteiger partial charge is 0.378 e. The van der Waals surface area contributed by atoms with Crippen LogP contribution in [0.1, 0.15) is 17.2 Å². The van der Waals surface area contributed by atoms with E-state index in [1.165, 1.54) is 6.07 Å². The lowest BCUT2D eigenvalue weighted by atomic mass is 9.98. The highest BCUT2D eigenvalue weighted by atomic mass is 35.5. The van der Waals surface area contributed by atoms with Crippen LogP contribution in [0.2, 0.25) is 5.02 Å². The van der Waals surface area contributed by atoms with E-state index in [1.54, 1.807) is 13.0 Å². The summed E-state index contributed by atoms with van der Waals surface area (Å²) < 4.78 is 18.9. The Kier molecular flexibility index (Phi) is 3.99. The summed E-state index contributed by atoms with van der Waals surface area (Å²) in [5.74, 6) is -0.281. The van der Waals surface area contributed by atoms with Crippen LogP contribution < -0.4 is 11.1 Å². The van der Waals surface area contributed by atoms with Crippen molar-refractivity contribution >= 4 is 11.6 Å². The van der Waals surface area contributed by atoms with Crippen LogP contribution in [0.25, 0.3) is 0 Å². The molecule has 1 aromatic carbocycles. The third-order valence-corrected chi connectivity index (χ3v) is 3.35. The quantitative estimate of drug-likeness (QED) is 0.850. The molecule has 3 nitrogen and oxygen atoms in total. The molecule has 3 N–H and O–H groups in total. The van der Waals surface area contributed by atoms with Crippen molar-refractivity contribution in [3.05, 3.63) is 34.1 Å². The van der Waals surface area contributed by atoms with Crippen molar-refractivity contribution in [1.82, 2.24) is 5.32 Å². The molecule has 0 spiro atoms. The van der Waals surface area contributed by atoms with Crippen LogP contribution in [0.15, 0.2) is 12.1 Å². The number of benzene rings is 1. The van der Waals surface area contributed by atoms with Gasteiger partial charge >= 0.3 is 0 Å². The molecule has 2 unspecified atom stereocenters. The number of nitrogens with two attached hydrogens (primary N) is 1. The van der Waals surface area contributed by atoms with Gasteiger partial charge in [0.25, 0.3) is 0 Å². The normalized spacial score (nSPS) is 22.5. The zero-order valence-corrected chi connectivity index (χ0v) is 10.4. The Bertz CT molecular complexity index is 408. The van der Waals surface area contributed by atoms with Crippen molar-refractivity contribution in [2.45, 2.75) is 19.0 Å². The minimum absolute atomic E-state index is 0.0247. The van der Waals surface area contributed by atoms with E-state index in [1.807, 2.05) is 0 Å². The van der Waals surface area contributed by atoms with Gasteiger partial charge in [-0.05, 0) is 30.2 Å². The van der Waals surface area contributed by atoms with Gasteiger partial charge in [0.05, 0.1) is 13.2 Å². The fourth-order valence-corrected chi connectivity index (χ4v) is 2.29. The predicted molar refractivity (Wildman–Crippen MR) is 65.7 cm³/mol. The van der Waals surface area contributed by atoms with Gasteiger partial charge in [0.2, 0.25) is 0 Å². The van der Waals surface area contributed by atoms with E-state index in [4.69, 9.17) is 22.1 Å². The van der Waals surface area contributed by atoms with E-state index < -0.39 is 0 Å². The minimum atomic E-state index is -0.363. The Morgan fingerprint density at radius 3 is 3.00 bits per heavy atom. The molecular weight excluding hydrogens is 243 g/mol. The van der Waals surface area contributed by atoms with E-state index in [0.29, 0.717) is 29.4 Å². The van der Waals surface area contributed by atoms with E-state index in [2.05, 4.69) is 5.32 Å². The van der Waals surface area contributed by atoms with Crippen LogP contribution in [-0.2, 0) is 4.74 Å². The first-order valence-electron chi connectivity index (χ1n) is 5.62. The lowest BCUT2D eigenvalue weighted by molar-refractivity contribution is 0.0684. The monoisotopic (exact) mass is 258 g/mol. The molecule has 2 atom stereocenters. The molecule has 0 bridgehead atoms. The Hall–Kier alpha value is -0.680. The SMILES string of the molecule is Cc1cc(Cl)c(C(N)C2COCCN2)cc1F. The van der Waals surface area contributed by atoms with Gasteiger partial charge in [-0.1, -0.05) is 11.6 Å². The van der Waals surface area contributed by atoms with Crippen molar-refractivity contribution in [2.24, 2.45) is 5.73 Å². The van der Waals surface area contributed by atoms with Gasteiger partial charge in [0, 0.05) is 23.7 Å². The standard InChI is InChI=1S/C12H16ClFN2O/c1-7-4-9(13)8(5-10(7)14)12(15)11-6-17-3-2-16-11/h4-5,11-12,16H,2-3,6,15H2,1H3. The number of halogens is 2. The van der Waals surface area contributed by atoms with Gasteiger partial charge in [0.1, 0.15) is 5.82 Å². The average Bonchev–Trinajstić information content (AvgIpc) is 2.34. The number of hydrogen-bond donors (Lipinski definition) is 2. The number of hydrogen-bond acceptors (Lipinski definition) is 3. The summed E-state index contributed by atoms with van der Waals surface area (Å²) in [5, 5.41) is 3.75. The van der Waals surface area contributed by atoms with Crippen LogP contribution >= 0.6 is 11.6 Å². The second kappa shape index (κ2) is 5.31.